The van der Waals surface area contributed by atoms with E-state index in [0.717, 1.165) is 89.9 Å². The summed E-state index contributed by atoms with van der Waals surface area (Å²) in [5, 5.41) is 23.7. The molecule has 6 nitrogen and oxygen atoms in total. The molecule has 62 heavy (non-hydrogen) atoms. The Labute approximate surface area is 384 Å². The van der Waals surface area contributed by atoms with E-state index in [4.69, 9.17) is 4.74 Å². The first-order valence-electron chi connectivity index (χ1n) is 26.6. The van der Waals surface area contributed by atoms with Gasteiger partial charge in [-0.05, 0) is 77.0 Å². The molecule has 3 N–H and O–H groups in total. The number of nitrogens with one attached hydrogen (secondary N) is 1. The Bertz CT molecular complexity index is 1110. The first-order chi connectivity index (χ1) is 30.5. The minimum atomic E-state index is -0.794. The molecule has 6 heteroatoms. The molecule has 0 aromatic carbocycles. The van der Waals surface area contributed by atoms with E-state index in [-0.39, 0.29) is 24.9 Å². The fourth-order valence-corrected chi connectivity index (χ4v) is 7.85. The van der Waals surface area contributed by atoms with Gasteiger partial charge in [0.25, 0.3) is 0 Å². The predicted molar refractivity (Wildman–Crippen MR) is 268 cm³/mol. The van der Waals surface area contributed by atoms with Crippen LogP contribution in [0.5, 0.6) is 0 Å². The number of allylic oxidation sites excluding steroid dienone is 10. The second-order valence-electron chi connectivity index (χ2n) is 18.0. The minimum absolute atomic E-state index is 0.0613. The molecule has 0 spiro atoms. The fraction of sp³-hybridized carbons (Fsp3) is 0.786. The highest BCUT2D eigenvalue weighted by atomic mass is 16.5. The van der Waals surface area contributed by atoms with E-state index in [9.17, 15) is 19.8 Å². The lowest BCUT2D eigenvalue weighted by Gasteiger charge is -2.24. The fourth-order valence-electron chi connectivity index (χ4n) is 7.85. The molecule has 0 radical (unpaired) electrons. The third-order valence-corrected chi connectivity index (χ3v) is 11.9. The van der Waals surface area contributed by atoms with Gasteiger partial charge in [-0.2, -0.15) is 0 Å². The molecule has 1 amide bonds. The molecule has 0 bridgehead atoms. The van der Waals surface area contributed by atoms with Gasteiger partial charge in [0.2, 0.25) is 5.91 Å². The lowest BCUT2D eigenvalue weighted by molar-refractivity contribution is -0.151. The number of hydrogen-bond acceptors (Lipinski definition) is 5. The largest absolute Gasteiger partial charge is 0.462 e. The number of aliphatic hydroxyl groups is 2. The van der Waals surface area contributed by atoms with Gasteiger partial charge in [0.1, 0.15) is 6.10 Å². The summed E-state index contributed by atoms with van der Waals surface area (Å²) in [5.41, 5.74) is 0. The molecule has 0 aromatic rings. The lowest BCUT2D eigenvalue weighted by Crippen LogP contribution is -2.46. The zero-order chi connectivity index (χ0) is 45.2. The summed E-state index contributed by atoms with van der Waals surface area (Å²) in [6.45, 7) is 6.43. The number of carbonyl (C=O) groups excluding carboxylic acids is 2. The van der Waals surface area contributed by atoms with Crippen molar-refractivity contribution in [2.75, 3.05) is 6.61 Å². The summed E-state index contributed by atoms with van der Waals surface area (Å²) in [6, 6.07) is -0.709. The van der Waals surface area contributed by atoms with Gasteiger partial charge in [-0.25, -0.2) is 0 Å². The molecule has 0 fully saturated rings. The second kappa shape index (κ2) is 49.6. The summed E-state index contributed by atoms with van der Waals surface area (Å²) in [6.07, 6.45) is 61.3. The molecule has 0 saturated carbocycles. The molecular weight excluding hydrogens is 767 g/mol. The van der Waals surface area contributed by atoms with Crippen molar-refractivity contribution < 1.29 is 24.5 Å². The zero-order valence-electron chi connectivity index (χ0n) is 41.0. The van der Waals surface area contributed by atoms with Gasteiger partial charge in [-0.3, -0.25) is 9.59 Å². The third kappa shape index (κ3) is 44.2. The quantitative estimate of drug-likeness (QED) is 0.0245. The van der Waals surface area contributed by atoms with Crippen molar-refractivity contribution >= 4 is 11.9 Å². The van der Waals surface area contributed by atoms with Crippen molar-refractivity contribution in [2.24, 2.45) is 0 Å². The molecule has 3 atom stereocenters. The second-order valence-corrected chi connectivity index (χ2v) is 18.0. The molecular formula is C56H101NO5. The summed E-state index contributed by atoms with van der Waals surface area (Å²) in [7, 11) is 0. The number of aliphatic hydroxyl groups excluding tert-OH is 2. The van der Waals surface area contributed by atoms with Gasteiger partial charge in [0, 0.05) is 6.42 Å². The number of unbranched alkanes of at least 4 members (excludes halogenated alkanes) is 28. The van der Waals surface area contributed by atoms with Crippen molar-refractivity contribution in [3.8, 4) is 0 Å². The molecule has 0 heterocycles. The van der Waals surface area contributed by atoms with E-state index in [1.807, 2.05) is 0 Å². The van der Waals surface area contributed by atoms with Gasteiger partial charge in [0.05, 0.1) is 25.2 Å². The highest BCUT2D eigenvalue weighted by Crippen LogP contribution is 2.17. The van der Waals surface area contributed by atoms with E-state index in [1.54, 1.807) is 0 Å². The van der Waals surface area contributed by atoms with Crippen LogP contribution in [0.25, 0.3) is 0 Å². The summed E-state index contributed by atoms with van der Waals surface area (Å²) in [5.74, 6) is -0.506. The van der Waals surface area contributed by atoms with Crippen molar-refractivity contribution in [1.82, 2.24) is 5.32 Å². The number of amides is 1. The maximum absolute atomic E-state index is 13.2. The standard InChI is InChI=1S/C56H101NO5/c1-4-7-10-13-16-19-22-24-26-27-28-30-32-34-37-40-43-46-49-56(61)62-52(47-44-41-38-35-33-31-29-25-23-20-17-14-11-8-5-2)50-55(60)57-53(51-58)54(59)48-45-42-39-36-21-18-15-12-9-6-3/h16,19,22,24-30,52-54,58-59H,4-15,17-18,20-21,23,31-51H2,1-3H3,(H,57,60)/b19-16+,24-22+,27-26+,29-25+,30-28+. The van der Waals surface area contributed by atoms with Crippen LogP contribution < -0.4 is 5.32 Å². The van der Waals surface area contributed by atoms with E-state index in [1.165, 1.54) is 122 Å². The maximum atomic E-state index is 13.2. The van der Waals surface area contributed by atoms with Crippen molar-refractivity contribution in [2.45, 2.75) is 277 Å². The minimum Gasteiger partial charge on any atom is -0.462 e. The number of esters is 1. The predicted octanol–water partition coefficient (Wildman–Crippen LogP) is 16.0. The molecule has 0 rings (SSSR count). The van der Waals surface area contributed by atoms with E-state index in [2.05, 4.69) is 86.8 Å². The summed E-state index contributed by atoms with van der Waals surface area (Å²) < 4.78 is 5.93. The molecule has 0 aromatic heterocycles. The smallest absolute Gasteiger partial charge is 0.306 e. The molecule has 0 aliphatic rings. The molecule has 360 valence electrons. The Hall–Kier alpha value is -2.44. The van der Waals surface area contributed by atoms with Crippen LogP contribution in [0.3, 0.4) is 0 Å². The van der Waals surface area contributed by atoms with Crippen molar-refractivity contribution in [3.63, 3.8) is 0 Å². The first-order valence-corrected chi connectivity index (χ1v) is 26.6. The van der Waals surface area contributed by atoms with Crippen LogP contribution in [0, 0.1) is 0 Å². The molecule has 3 unspecified atom stereocenters. The van der Waals surface area contributed by atoms with Crippen LogP contribution in [0.1, 0.15) is 258 Å². The lowest BCUT2D eigenvalue weighted by atomic mass is 10.0. The van der Waals surface area contributed by atoms with Crippen LogP contribution in [0.15, 0.2) is 60.8 Å². The van der Waals surface area contributed by atoms with Crippen LogP contribution in [0.4, 0.5) is 0 Å². The SMILES string of the molecule is CCCCC/C=C/C=C/C=C/C=C/CCCCCCCC(=O)OC(CCCCCCC/C=C/CCCCCCCC)CC(=O)NC(CO)C(O)CCCCCCCCCCCC. The first kappa shape index (κ1) is 59.6. The normalized spacial score (nSPS) is 13.7. The molecule has 0 saturated heterocycles. The van der Waals surface area contributed by atoms with Crippen molar-refractivity contribution in [3.05, 3.63) is 60.8 Å². The maximum Gasteiger partial charge on any atom is 0.306 e. The van der Waals surface area contributed by atoms with Gasteiger partial charge >= 0.3 is 5.97 Å². The third-order valence-electron chi connectivity index (χ3n) is 11.9. The Balaban J connectivity index is 4.64. The van der Waals surface area contributed by atoms with Crippen LogP contribution in [-0.2, 0) is 14.3 Å². The van der Waals surface area contributed by atoms with Gasteiger partial charge in [0.15, 0.2) is 0 Å². The Morgan fingerprint density at radius 3 is 1.32 bits per heavy atom. The summed E-state index contributed by atoms with van der Waals surface area (Å²) >= 11 is 0. The van der Waals surface area contributed by atoms with Crippen LogP contribution in [-0.4, -0.2) is 46.9 Å². The van der Waals surface area contributed by atoms with Crippen LogP contribution >= 0.6 is 0 Å². The number of hydrogen-bond donors (Lipinski definition) is 3. The van der Waals surface area contributed by atoms with Gasteiger partial charge < -0.3 is 20.3 Å². The highest BCUT2D eigenvalue weighted by molar-refractivity contribution is 5.77. The Morgan fingerprint density at radius 2 is 0.839 bits per heavy atom. The molecule has 0 aliphatic heterocycles. The average molecular weight is 868 g/mol. The van der Waals surface area contributed by atoms with Gasteiger partial charge in [-0.15, -0.1) is 0 Å². The number of ether oxygens (including phenoxy) is 1. The van der Waals surface area contributed by atoms with Gasteiger partial charge in [-0.1, -0.05) is 229 Å². The monoisotopic (exact) mass is 868 g/mol. The average Bonchev–Trinajstić information content (AvgIpc) is 3.26. The topological polar surface area (TPSA) is 95.9 Å². The summed E-state index contributed by atoms with van der Waals surface area (Å²) in [4.78, 5) is 26.2. The highest BCUT2D eigenvalue weighted by Gasteiger charge is 2.24. The van der Waals surface area contributed by atoms with E-state index < -0.39 is 18.2 Å². The number of carbonyl (C=O) groups is 2. The Kier molecular flexibility index (Phi) is 47.6. The van der Waals surface area contributed by atoms with Crippen molar-refractivity contribution in [1.29, 1.82) is 0 Å². The zero-order valence-corrected chi connectivity index (χ0v) is 41.0. The Morgan fingerprint density at radius 1 is 0.468 bits per heavy atom. The number of rotatable bonds is 47. The van der Waals surface area contributed by atoms with E-state index >= 15 is 0 Å². The molecule has 0 aliphatic carbocycles. The van der Waals surface area contributed by atoms with E-state index in [0.29, 0.717) is 19.3 Å². The van der Waals surface area contributed by atoms with Crippen LogP contribution in [0.2, 0.25) is 0 Å².